The lowest BCUT2D eigenvalue weighted by molar-refractivity contribution is -0.136. The van der Waals surface area contributed by atoms with E-state index in [0.717, 1.165) is 37.3 Å². The number of nitrogens with zero attached hydrogens (tertiary/aromatic N) is 2. The molecule has 2 fully saturated rings. The Morgan fingerprint density at radius 3 is 2.89 bits per heavy atom. The summed E-state index contributed by atoms with van der Waals surface area (Å²) in [6.45, 7) is 4.89. The van der Waals surface area contributed by atoms with Crippen molar-refractivity contribution >= 4 is 17.7 Å². The van der Waals surface area contributed by atoms with Crippen LogP contribution in [0.15, 0.2) is 18.2 Å². The minimum atomic E-state index is -0.569. The zero-order valence-electron chi connectivity index (χ0n) is 16.2. The summed E-state index contributed by atoms with van der Waals surface area (Å²) in [6.07, 6.45) is 0.660. The maximum atomic E-state index is 13.1. The molecule has 1 aromatic rings. The van der Waals surface area contributed by atoms with Gasteiger partial charge >= 0.3 is 0 Å². The molecular weight excluding hydrogens is 358 g/mol. The number of likely N-dealkylation sites (N-methyl/N-ethyl adjacent to an activating group) is 1. The van der Waals surface area contributed by atoms with Gasteiger partial charge in [0.25, 0.3) is 5.91 Å². The normalized spacial score (nSPS) is 25.8. The number of rotatable bonds is 5. The van der Waals surface area contributed by atoms with E-state index < -0.39 is 6.04 Å². The Balaban J connectivity index is 1.43. The summed E-state index contributed by atoms with van der Waals surface area (Å²) >= 11 is 0. The zero-order valence-corrected chi connectivity index (χ0v) is 16.2. The number of piperazine rings is 1. The quantitative estimate of drug-likeness (QED) is 0.589. The molecule has 3 aliphatic rings. The minimum Gasteiger partial charge on any atom is -0.322 e. The van der Waals surface area contributed by atoms with Crippen LogP contribution in [0.5, 0.6) is 0 Å². The fourth-order valence-corrected chi connectivity index (χ4v) is 4.30. The molecular formula is C20H27N5O3. The van der Waals surface area contributed by atoms with Crippen LogP contribution in [0.3, 0.4) is 0 Å². The number of carbonyl (C=O) groups is 3. The van der Waals surface area contributed by atoms with Crippen molar-refractivity contribution in [1.82, 2.24) is 25.8 Å². The van der Waals surface area contributed by atoms with Gasteiger partial charge < -0.3 is 15.5 Å². The minimum absolute atomic E-state index is 0.113. The molecule has 3 N–H and O–H groups in total. The van der Waals surface area contributed by atoms with Crippen LogP contribution in [0.2, 0.25) is 0 Å². The SMILES string of the molecule is CN1CCNCC1CNCc1cccc2c1C(=O)N(C1CCC(=O)NC1=O)C2. The first-order chi connectivity index (χ1) is 13.5. The fourth-order valence-electron chi connectivity index (χ4n) is 4.30. The highest BCUT2D eigenvalue weighted by atomic mass is 16.2. The maximum absolute atomic E-state index is 13.1. The van der Waals surface area contributed by atoms with Gasteiger partial charge in [0.2, 0.25) is 11.8 Å². The van der Waals surface area contributed by atoms with Gasteiger partial charge in [0.05, 0.1) is 0 Å². The average Bonchev–Trinajstić information content (AvgIpc) is 3.01. The summed E-state index contributed by atoms with van der Waals surface area (Å²) in [4.78, 5) is 40.6. The summed E-state index contributed by atoms with van der Waals surface area (Å²) < 4.78 is 0. The lowest BCUT2D eigenvalue weighted by atomic mass is 10.0. The summed E-state index contributed by atoms with van der Waals surface area (Å²) in [5.41, 5.74) is 2.61. The third-order valence-corrected chi connectivity index (χ3v) is 5.98. The van der Waals surface area contributed by atoms with Gasteiger partial charge in [-0.2, -0.15) is 0 Å². The molecule has 0 aromatic heterocycles. The van der Waals surface area contributed by atoms with E-state index >= 15 is 0 Å². The van der Waals surface area contributed by atoms with E-state index in [1.807, 2.05) is 18.2 Å². The van der Waals surface area contributed by atoms with Crippen LogP contribution < -0.4 is 16.0 Å². The van der Waals surface area contributed by atoms with E-state index in [-0.39, 0.29) is 24.1 Å². The second-order valence-electron chi connectivity index (χ2n) is 7.82. The number of benzene rings is 1. The van der Waals surface area contributed by atoms with Gasteiger partial charge in [-0.3, -0.25) is 24.6 Å². The molecule has 3 aliphatic heterocycles. The second-order valence-corrected chi connectivity index (χ2v) is 7.82. The van der Waals surface area contributed by atoms with Crippen LogP contribution in [0, 0.1) is 0 Å². The lowest BCUT2D eigenvalue weighted by Crippen LogP contribution is -2.53. The lowest BCUT2D eigenvalue weighted by Gasteiger charge is -2.33. The first kappa shape index (κ1) is 19.0. The number of imide groups is 1. The topological polar surface area (TPSA) is 93.8 Å². The van der Waals surface area contributed by atoms with Crippen molar-refractivity contribution in [2.45, 2.75) is 38.0 Å². The first-order valence-electron chi connectivity index (χ1n) is 9.91. The predicted octanol–water partition coefficient (Wildman–Crippen LogP) is -0.559. The molecule has 2 atom stereocenters. The summed E-state index contributed by atoms with van der Waals surface area (Å²) in [5.74, 6) is -0.749. The molecule has 3 amide bonds. The zero-order chi connectivity index (χ0) is 19.7. The Morgan fingerprint density at radius 2 is 2.11 bits per heavy atom. The Labute approximate surface area is 164 Å². The van der Waals surface area contributed by atoms with Crippen LogP contribution >= 0.6 is 0 Å². The molecule has 0 spiro atoms. The molecule has 4 rings (SSSR count). The Kier molecular flexibility index (Phi) is 5.43. The van der Waals surface area contributed by atoms with E-state index in [4.69, 9.17) is 0 Å². The fraction of sp³-hybridized carbons (Fsp3) is 0.550. The van der Waals surface area contributed by atoms with Crippen molar-refractivity contribution in [3.8, 4) is 0 Å². The number of piperidine rings is 1. The molecule has 0 radical (unpaired) electrons. The Hall–Kier alpha value is -2.29. The molecule has 0 aliphatic carbocycles. The van der Waals surface area contributed by atoms with Gasteiger partial charge in [-0.15, -0.1) is 0 Å². The molecule has 2 unspecified atom stereocenters. The van der Waals surface area contributed by atoms with Gasteiger partial charge in [-0.05, 0) is 24.6 Å². The number of amides is 3. The third-order valence-electron chi connectivity index (χ3n) is 5.98. The number of fused-ring (bicyclic) bond motifs is 1. The van der Waals surface area contributed by atoms with Gasteiger partial charge in [0, 0.05) is 57.3 Å². The standard InChI is InChI=1S/C20H27N5O3/c1-24-8-7-21-10-15(24)11-22-9-13-3-2-4-14-12-25(20(28)18(13)14)16-5-6-17(26)23-19(16)27/h2-4,15-16,21-22H,5-12H2,1H3,(H,23,26,27). The van der Waals surface area contributed by atoms with Crippen LogP contribution in [-0.2, 0) is 22.7 Å². The van der Waals surface area contributed by atoms with Crippen molar-refractivity contribution in [3.05, 3.63) is 34.9 Å². The van der Waals surface area contributed by atoms with Crippen molar-refractivity contribution in [3.63, 3.8) is 0 Å². The Morgan fingerprint density at radius 1 is 1.25 bits per heavy atom. The predicted molar refractivity (Wildman–Crippen MR) is 103 cm³/mol. The molecule has 0 saturated carbocycles. The van der Waals surface area contributed by atoms with Gasteiger partial charge in [0.15, 0.2) is 0 Å². The molecule has 150 valence electrons. The van der Waals surface area contributed by atoms with Crippen molar-refractivity contribution < 1.29 is 14.4 Å². The average molecular weight is 385 g/mol. The smallest absolute Gasteiger partial charge is 0.255 e. The number of hydrogen-bond donors (Lipinski definition) is 3. The monoisotopic (exact) mass is 385 g/mol. The van der Waals surface area contributed by atoms with E-state index in [1.165, 1.54) is 0 Å². The second kappa shape index (κ2) is 7.98. The van der Waals surface area contributed by atoms with Crippen LogP contribution in [-0.4, -0.2) is 72.8 Å². The third kappa shape index (κ3) is 3.67. The highest BCUT2D eigenvalue weighted by Crippen LogP contribution is 2.29. The largest absolute Gasteiger partial charge is 0.322 e. The maximum Gasteiger partial charge on any atom is 0.255 e. The molecule has 2 saturated heterocycles. The van der Waals surface area contributed by atoms with Crippen LogP contribution in [0.25, 0.3) is 0 Å². The van der Waals surface area contributed by atoms with E-state index in [2.05, 4.69) is 27.9 Å². The summed E-state index contributed by atoms with van der Waals surface area (Å²) in [6, 6.07) is 5.74. The summed E-state index contributed by atoms with van der Waals surface area (Å²) in [5, 5.41) is 9.24. The molecule has 28 heavy (non-hydrogen) atoms. The van der Waals surface area contributed by atoms with Gasteiger partial charge in [-0.25, -0.2) is 0 Å². The van der Waals surface area contributed by atoms with Crippen molar-refractivity contribution in [2.75, 3.05) is 33.2 Å². The molecule has 8 heteroatoms. The van der Waals surface area contributed by atoms with E-state index in [1.54, 1.807) is 4.90 Å². The molecule has 3 heterocycles. The van der Waals surface area contributed by atoms with Gasteiger partial charge in [-0.1, -0.05) is 18.2 Å². The first-order valence-corrected chi connectivity index (χ1v) is 9.91. The highest BCUT2D eigenvalue weighted by Gasteiger charge is 2.39. The number of nitrogens with one attached hydrogen (secondary N) is 3. The van der Waals surface area contributed by atoms with Crippen LogP contribution in [0.1, 0.15) is 34.3 Å². The van der Waals surface area contributed by atoms with Gasteiger partial charge in [0.1, 0.15) is 6.04 Å². The Bertz CT molecular complexity index is 796. The number of hydrogen-bond acceptors (Lipinski definition) is 6. The molecule has 8 nitrogen and oxygen atoms in total. The van der Waals surface area contributed by atoms with E-state index in [0.29, 0.717) is 31.1 Å². The summed E-state index contributed by atoms with van der Waals surface area (Å²) in [7, 11) is 2.13. The number of carbonyl (C=O) groups excluding carboxylic acids is 3. The highest BCUT2D eigenvalue weighted by molar-refractivity contribution is 6.05. The van der Waals surface area contributed by atoms with Crippen molar-refractivity contribution in [2.24, 2.45) is 0 Å². The van der Waals surface area contributed by atoms with E-state index in [9.17, 15) is 14.4 Å². The van der Waals surface area contributed by atoms with Crippen molar-refractivity contribution in [1.29, 1.82) is 0 Å². The molecule has 1 aromatic carbocycles. The molecule has 0 bridgehead atoms. The van der Waals surface area contributed by atoms with Crippen LogP contribution in [0.4, 0.5) is 0 Å².